The highest BCUT2D eigenvalue weighted by atomic mass is 16.5. The first kappa shape index (κ1) is 12.3. The average molecular weight is 232 g/mol. The number of aliphatic hydroxyl groups is 1. The van der Waals surface area contributed by atoms with Crippen LogP contribution in [-0.2, 0) is 4.74 Å². The molecule has 0 bridgehead atoms. The molecule has 1 fully saturated rings. The average Bonchev–Trinajstić information content (AvgIpc) is 2.38. The van der Waals surface area contributed by atoms with Gasteiger partial charge in [0.2, 0.25) is 0 Å². The molecule has 2 nitrogen and oxygen atoms in total. The van der Waals surface area contributed by atoms with Crippen LogP contribution in [0.4, 0.5) is 0 Å². The summed E-state index contributed by atoms with van der Waals surface area (Å²) >= 11 is 0. The Hall–Kier alpha value is -1.12. The Bertz CT molecular complexity index is 337. The van der Waals surface area contributed by atoms with Gasteiger partial charge in [-0.25, -0.2) is 0 Å². The maximum Gasteiger partial charge on any atom is 0.0654 e. The molecule has 0 spiro atoms. The number of benzene rings is 1. The summed E-state index contributed by atoms with van der Waals surface area (Å²) in [7, 11) is 0. The van der Waals surface area contributed by atoms with Gasteiger partial charge in [0.05, 0.1) is 18.8 Å². The molecule has 0 radical (unpaired) electrons. The Balaban J connectivity index is 1.68. The van der Waals surface area contributed by atoms with Crippen LogP contribution in [0.1, 0.15) is 31.2 Å². The molecule has 2 rings (SSSR count). The molecule has 1 aromatic carbocycles. The molecule has 1 aliphatic rings. The summed E-state index contributed by atoms with van der Waals surface area (Å²) in [5, 5.41) is 9.38. The van der Waals surface area contributed by atoms with E-state index in [4.69, 9.17) is 4.74 Å². The summed E-state index contributed by atoms with van der Waals surface area (Å²) in [4.78, 5) is 0. The van der Waals surface area contributed by atoms with E-state index < -0.39 is 0 Å². The van der Waals surface area contributed by atoms with E-state index in [1.165, 1.54) is 5.56 Å². The molecule has 1 aliphatic carbocycles. The van der Waals surface area contributed by atoms with Crippen LogP contribution in [0.2, 0.25) is 0 Å². The van der Waals surface area contributed by atoms with Crippen molar-refractivity contribution in [2.75, 3.05) is 6.61 Å². The van der Waals surface area contributed by atoms with Gasteiger partial charge in [0.15, 0.2) is 0 Å². The van der Waals surface area contributed by atoms with Crippen molar-refractivity contribution in [2.45, 2.75) is 37.9 Å². The van der Waals surface area contributed by atoms with Crippen LogP contribution < -0.4 is 0 Å². The van der Waals surface area contributed by atoms with Crippen molar-refractivity contribution in [3.63, 3.8) is 0 Å². The zero-order valence-corrected chi connectivity index (χ0v) is 10.1. The van der Waals surface area contributed by atoms with Crippen molar-refractivity contribution < 1.29 is 9.84 Å². The second-order valence-corrected chi connectivity index (χ2v) is 4.58. The highest BCUT2D eigenvalue weighted by Gasteiger charge is 2.18. The van der Waals surface area contributed by atoms with Gasteiger partial charge in [-0.05, 0) is 31.2 Å². The Labute approximate surface area is 103 Å². The van der Waals surface area contributed by atoms with E-state index >= 15 is 0 Å². The van der Waals surface area contributed by atoms with Crippen LogP contribution in [0.25, 0.3) is 6.08 Å². The molecule has 0 atom stereocenters. The van der Waals surface area contributed by atoms with Gasteiger partial charge < -0.3 is 9.84 Å². The van der Waals surface area contributed by atoms with Crippen molar-refractivity contribution in [1.82, 2.24) is 0 Å². The van der Waals surface area contributed by atoms with E-state index in [0.717, 1.165) is 25.7 Å². The second-order valence-electron chi connectivity index (χ2n) is 4.58. The normalized spacial score (nSPS) is 25.2. The minimum Gasteiger partial charge on any atom is -0.393 e. The van der Waals surface area contributed by atoms with Gasteiger partial charge in [-0.15, -0.1) is 0 Å². The highest BCUT2D eigenvalue weighted by Crippen LogP contribution is 2.20. The maximum absolute atomic E-state index is 9.38. The fraction of sp³-hybridized carbons (Fsp3) is 0.467. The number of hydrogen-bond acceptors (Lipinski definition) is 2. The minimum absolute atomic E-state index is 0.102. The smallest absolute Gasteiger partial charge is 0.0654 e. The lowest BCUT2D eigenvalue weighted by molar-refractivity contribution is 0.00922. The Morgan fingerprint density at radius 2 is 1.82 bits per heavy atom. The van der Waals surface area contributed by atoms with E-state index in [0.29, 0.717) is 12.7 Å². The molecule has 2 heteroatoms. The van der Waals surface area contributed by atoms with E-state index in [2.05, 4.69) is 24.3 Å². The van der Waals surface area contributed by atoms with Gasteiger partial charge in [0.1, 0.15) is 0 Å². The summed E-state index contributed by atoms with van der Waals surface area (Å²) in [6.45, 7) is 0.662. The zero-order valence-electron chi connectivity index (χ0n) is 10.1. The number of hydrogen-bond donors (Lipinski definition) is 1. The van der Waals surface area contributed by atoms with Crippen molar-refractivity contribution in [3.05, 3.63) is 42.0 Å². The van der Waals surface area contributed by atoms with Crippen LogP contribution in [0.3, 0.4) is 0 Å². The molecule has 0 unspecified atom stereocenters. The first-order chi connectivity index (χ1) is 8.34. The molecule has 0 amide bonds. The second kappa shape index (κ2) is 6.58. The minimum atomic E-state index is -0.102. The predicted molar refractivity (Wildman–Crippen MR) is 69.7 cm³/mol. The van der Waals surface area contributed by atoms with Crippen LogP contribution in [0.15, 0.2) is 36.4 Å². The Morgan fingerprint density at radius 3 is 2.53 bits per heavy atom. The molecule has 1 aromatic rings. The lowest BCUT2D eigenvalue weighted by atomic mass is 9.95. The topological polar surface area (TPSA) is 29.5 Å². The highest BCUT2D eigenvalue weighted by molar-refractivity contribution is 5.48. The lowest BCUT2D eigenvalue weighted by Gasteiger charge is -2.24. The van der Waals surface area contributed by atoms with E-state index in [1.54, 1.807) is 0 Å². The fourth-order valence-electron chi connectivity index (χ4n) is 2.15. The molecule has 92 valence electrons. The lowest BCUT2D eigenvalue weighted by Crippen LogP contribution is -2.24. The number of aliphatic hydroxyl groups excluding tert-OH is 1. The van der Waals surface area contributed by atoms with Gasteiger partial charge in [0, 0.05) is 0 Å². The predicted octanol–water partition coefficient (Wildman–Crippen LogP) is 3.02. The van der Waals surface area contributed by atoms with Gasteiger partial charge in [-0.1, -0.05) is 42.5 Å². The van der Waals surface area contributed by atoms with Crippen LogP contribution >= 0.6 is 0 Å². The van der Waals surface area contributed by atoms with Crippen LogP contribution in [-0.4, -0.2) is 23.9 Å². The van der Waals surface area contributed by atoms with Crippen LogP contribution in [0.5, 0.6) is 0 Å². The van der Waals surface area contributed by atoms with E-state index in [-0.39, 0.29) is 6.10 Å². The molecule has 1 N–H and O–H groups in total. The molecule has 0 aliphatic heterocycles. The fourth-order valence-corrected chi connectivity index (χ4v) is 2.15. The molecule has 0 aromatic heterocycles. The third-order valence-corrected chi connectivity index (χ3v) is 3.18. The Kier molecular flexibility index (Phi) is 4.77. The largest absolute Gasteiger partial charge is 0.393 e. The number of rotatable bonds is 4. The van der Waals surface area contributed by atoms with Gasteiger partial charge in [-0.2, -0.15) is 0 Å². The van der Waals surface area contributed by atoms with E-state index in [9.17, 15) is 5.11 Å². The van der Waals surface area contributed by atoms with Crippen LogP contribution in [0, 0.1) is 0 Å². The van der Waals surface area contributed by atoms with Gasteiger partial charge in [-0.3, -0.25) is 0 Å². The monoisotopic (exact) mass is 232 g/mol. The van der Waals surface area contributed by atoms with Gasteiger partial charge in [0.25, 0.3) is 0 Å². The SMILES string of the molecule is OC1CCC(OC/C=C/c2ccccc2)CC1. The molecule has 0 saturated heterocycles. The third kappa shape index (κ3) is 4.33. The third-order valence-electron chi connectivity index (χ3n) is 3.18. The van der Waals surface area contributed by atoms with Crippen molar-refractivity contribution in [1.29, 1.82) is 0 Å². The van der Waals surface area contributed by atoms with Crippen molar-refractivity contribution in [3.8, 4) is 0 Å². The summed E-state index contributed by atoms with van der Waals surface area (Å²) in [5.74, 6) is 0. The molecule has 1 saturated carbocycles. The maximum atomic E-state index is 9.38. The van der Waals surface area contributed by atoms with E-state index in [1.807, 2.05) is 18.2 Å². The molecular formula is C15H20O2. The summed E-state index contributed by atoms with van der Waals surface area (Å²) in [6, 6.07) is 10.2. The van der Waals surface area contributed by atoms with Crippen molar-refractivity contribution >= 4 is 6.08 Å². The van der Waals surface area contributed by atoms with Crippen molar-refractivity contribution in [2.24, 2.45) is 0 Å². The zero-order chi connectivity index (χ0) is 11.9. The van der Waals surface area contributed by atoms with Gasteiger partial charge >= 0.3 is 0 Å². The summed E-state index contributed by atoms with van der Waals surface area (Å²) < 4.78 is 5.76. The summed E-state index contributed by atoms with van der Waals surface area (Å²) in [6.07, 6.45) is 8.10. The first-order valence-electron chi connectivity index (χ1n) is 6.36. The first-order valence-corrected chi connectivity index (χ1v) is 6.36. The Morgan fingerprint density at radius 1 is 1.12 bits per heavy atom. The molecule has 0 heterocycles. The molecular weight excluding hydrogens is 212 g/mol. The number of ether oxygens (including phenoxy) is 1. The standard InChI is InChI=1S/C15H20O2/c16-14-8-10-15(11-9-14)17-12-4-7-13-5-2-1-3-6-13/h1-7,14-16H,8-12H2/b7-4+. The quantitative estimate of drug-likeness (QED) is 0.864. The summed E-state index contributed by atoms with van der Waals surface area (Å²) in [5.41, 5.74) is 1.20. The molecule has 17 heavy (non-hydrogen) atoms.